The average Bonchev–Trinajstić information content (AvgIpc) is 2.78. The van der Waals surface area contributed by atoms with Gasteiger partial charge in [0, 0.05) is 31.1 Å². The number of benzene rings is 1. The van der Waals surface area contributed by atoms with Crippen molar-refractivity contribution in [2.24, 2.45) is 0 Å². The van der Waals surface area contributed by atoms with Crippen LogP contribution in [0.2, 0.25) is 0 Å². The van der Waals surface area contributed by atoms with E-state index in [0.717, 1.165) is 24.4 Å². The molecule has 3 rings (SSSR count). The Morgan fingerprint density at radius 3 is 2.60 bits per heavy atom. The molecule has 0 radical (unpaired) electrons. The molecule has 0 saturated heterocycles. The Bertz CT molecular complexity index is 627. The van der Waals surface area contributed by atoms with Gasteiger partial charge in [0.05, 0.1) is 5.69 Å². The van der Waals surface area contributed by atoms with E-state index in [4.69, 9.17) is 0 Å². The van der Waals surface area contributed by atoms with Gasteiger partial charge < -0.3 is 5.32 Å². The molecule has 1 aliphatic rings. The second kappa shape index (κ2) is 4.98. The first kappa shape index (κ1) is 13.2. The Kier molecular flexibility index (Phi) is 3.30. The van der Waals surface area contributed by atoms with Crippen molar-refractivity contribution in [3.8, 4) is 5.69 Å². The number of nitrogens with zero attached hydrogens (tertiary/aromatic N) is 2. The van der Waals surface area contributed by atoms with Crippen molar-refractivity contribution in [3.05, 3.63) is 47.0 Å². The lowest BCUT2D eigenvalue weighted by Gasteiger charge is -2.18. The Balaban J connectivity index is 2.29. The fraction of sp³-hybridized carbons (Fsp3) is 0.400. The Morgan fingerprint density at radius 2 is 1.95 bits per heavy atom. The van der Waals surface area contributed by atoms with Crippen molar-refractivity contribution in [2.45, 2.75) is 32.7 Å². The van der Waals surface area contributed by atoms with Gasteiger partial charge in [-0.15, -0.1) is 0 Å². The third-order valence-corrected chi connectivity index (χ3v) is 3.59. The van der Waals surface area contributed by atoms with Gasteiger partial charge in [-0.2, -0.15) is 0 Å². The second-order valence-corrected chi connectivity index (χ2v) is 5.35. The minimum atomic E-state index is -0.550. The maximum Gasteiger partial charge on any atom is 0.150 e. The summed E-state index contributed by atoms with van der Waals surface area (Å²) in [5.74, 6) is -0.293. The summed E-state index contributed by atoms with van der Waals surface area (Å²) in [5, 5.41) is 3.24. The zero-order valence-corrected chi connectivity index (χ0v) is 11.6. The molecule has 1 aromatic heterocycles. The van der Waals surface area contributed by atoms with Crippen LogP contribution in [0.25, 0.3) is 5.69 Å². The number of halogens is 2. The molecule has 1 aromatic carbocycles. The van der Waals surface area contributed by atoms with Crippen LogP contribution in [0.15, 0.2) is 18.2 Å². The average molecular weight is 277 g/mol. The molecule has 20 heavy (non-hydrogen) atoms. The molecule has 0 spiro atoms. The summed E-state index contributed by atoms with van der Waals surface area (Å²) in [6.45, 7) is 5.41. The van der Waals surface area contributed by atoms with Gasteiger partial charge in [0.1, 0.15) is 23.1 Å². The predicted octanol–water partition coefficient (Wildman–Crippen LogP) is 2.92. The quantitative estimate of drug-likeness (QED) is 0.914. The van der Waals surface area contributed by atoms with Crippen LogP contribution in [0.4, 0.5) is 8.78 Å². The third kappa shape index (κ3) is 2.02. The summed E-state index contributed by atoms with van der Waals surface area (Å²) in [6, 6.07) is 3.96. The van der Waals surface area contributed by atoms with Gasteiger partial charge in [-0.25, -0.2) is 13.8 Å². The van der Waals surface area contributed by atoms with Gasteiger partial charge in [-0.05, 0) is 12.1 Å². The van der Waals surface area contributed by atoms with E-state index in [-0.39, 0.29) is 11.6 Å². The molecule has 0 amide bonds. The van der Waals surface area contributed by atoms with Crippen LogP contribution in [0.3, 0.4) is 0 Å². The molecule has 3 nitrogen and oxygen atoms in total. The number of rotatable bonds is 2. The lowest BCUT2D eigenvalue weighted by molar-refractivity contribution is 0.553. The summed E-state index contributed by atoms with van der Waals surface area (Å²) in [6.07, 6.45) is 0.725. The number of nitrogens with one attached hydrogen (secondary N) is 1. The molecule has 0 saturated carbocycles. The van der Waals surface area contributed by atoms with E-state index in [1.807, 2.05) is 13.8 Å². The van der Waals surface area contributed by atoms with E-state index in [9.17, 15) is 8.78 Å². The number of imidazole rings is 1. The molecule has 106 valence electrons. The molecule has 1 aliphatic heterocycles. The van der Waals surface area contributed by atoms with Crippen LogP contribution in [0.5, 0.6) is 0 Å². The largest absolute Gasteiger partial charge is 0.311 e. The van der Waals surface area contributed by atoms with Gasteiger partial charge in [-0.1, -0.05) is 19.9 Å². The van der Waals surface area contributed by atoms with Gasteiger partial charge in [0.15, 0.2) is 0 Å². The maximum absolute atomic E-state index is 14.1. The SMILES string of the molecule is CC(C)c1nc2c(n1-c1c(F)cccc1F)CCNC2. The monoisotopic (exact) mass is 277 g/mol. The Morgan fingerprint density at radius 1 is 1.25 bits per heavy atom. The molecule has 0 aliphatic carbocycles. The van der Waals surface area contributed by atoms with Crippen molar-refractivity contribution >= 4 is 0 Å². The van der Waals surface area contributed by atoms with Crippen molar-refractivity contribution in [3.63, 3.8) is 0 Å². The molecular formula is C15H17F2N3. The number of hydrogen-bond donors (Lipinski definition) is 1. The van der Waals surface area contributed by atoms with Crippen LogP contribution < -0.4 is 5.32 Å². The first-order valence-corrected chi connectivity index (χ1v) is 6.85. The first-order valence-electron chi connectivity index (χ1n) is 6.85. The van der Waals surface area contributed by atoms with E-state index in [0.29, 0.717) is 12.4 Å². The fourth-order valence-electron chi connectivity index (χ4n) is 2.67. The van der Waals surface area contributed by atoms with Crippen molar-refractivity contribution in [2.75, 3.05) is 6.54 Å². The second-order valence-electron chi connectivity index (χ2n) is 5.35. The molecule has 0 atom stereocenters. The highest BCUT2D eigenvalue weighted by molar-refractivity contribution is 5.41. The number of aromatic nitrogens is 2. The number of para-hydroxylation sites is 1. The van der Waals surface area contributed by atoms with Gasteiger partial charge in [0.25, 0.3) is 0 Å². The van der Waals surface area contributed by atoms with Crippen LogP contribution in [-0.2, 0) is 13.0 Å². The topological polar surface area (TPSA) is 29.9 Å². The van der Waals surface area contributed by atoms with Crippen molar-refractivity contribution in [1.29, 1.82) is 0 Å². The third-order valence-electron chi connectivity index (χ3n) is 3.59. The van der Waals surface area contributed by atoms with Gasteiger partial charge in [0.2, 0.25) is 0 Å². The molecule has 2 aromatic rings. The molecule has 1 N–H and O–H groups in total. The molecule has 0 unspecified atom stereocenters. The highest BCUT2D eigenvalue weighted by Gasteiger charge is 2.25. The van der Waals surface area contributed by atoms with E-state index < -0.39 is 11.6 Å². The van der Waals surface area contributed by atoms with E-state index in [1.54, 1.807) is 4.57 Å². The maximum atomic E-state index is 14.1. The van der Waals surface area contributed by atoms with Crippen LogP contribution >= 0.6 is 0 Å². The van der Waals surface area contributed by atoms with E-state index >= 15 is 0 Å². The highest BCUT2D eigenvalue weighted by Crippen LogP contribution is 2.28. The summed E-state index contributed by atoms with van der Waals surface area (Å²) < 4.78 is 29.9. The van der Waals surface area contributed by atoms with Gasteiger partial charge >= 0.3 is 0 Å². The van der Waals surface area contributed by atoms with Crippen LogP contribution in [-0.4, -0.2) is 16.1 Å². The Hall–Kier alpha value is -1.75. The van der Waals surface area contributed by atoms with E-state index in [1.165, 1.54) is 18.2 Å². The molecule has 0 bridgehead atoms. The van der Waals surface area contributed by atoms with Crippen LogP contribution in [0, 0.1) is 11.6 Å². The minimum Gasteiger partial charge on any atom is -0.311 e. The predicted molar refractivity (Wildman–Crippen MR) is 73.0 cm³/mol. The smallest absolute Gasteiger partial charge is 0.150 e. The van der Waals surface area contributed by atoms with Crippen molar-refractivity contribution < 1.29 is 8.78 Å². The summed E-state index contributed by atoms with van der Waals surface area (Å²) in [7, 11) is 0. The number of fused-ring (bicyclic) bond motifs is 1. The lowest BCUT2D eigenvalue weighted by Crippen LogP contribution is -2.25. The molecule has 0 fully saturated rings. The standard InChI is InChI=1S/C15H17F2N3/c1-9(2)15-19-12-8-18-7-6-13(12)20(15)14-10(16)4-3-5-11(14)17/h3-5,9,18H,6-8H2,1-2H3. The first-order chi connectivity index (χ1) is 9.59. The summed E-state index contributed by atoms with van der Waals surface area (Å²) in [5.41, 5.74) is 1.80. The lowest BCUT2D eigenvalue weighted by atomic mass is 10.1. The fourth-order valence-corrected chi connectivity index (χ4v) is 2.67. The van der Waals surface area contributed by atoms with E-state index in [2.05, 4.69) is 10.3 Å². The summed E-state index contributed by atoms with van der Waals surface area (Å²) in [4.78, 5) is 4.58. The molecular weight excluding hydrogens is 260 g/mol. The normalized spacial score (nSPS) is 14.7. The summed E-state index contributed by atoms with van der Waals surface area (Å²) >= 11 is 0. The van der Waals surface area contributed by atoms with Gasteiger partial charge in [-0.3, -0.25) is 4.57 Å². The molecule has 2 heterocycles. The van der Waals surface area contributed by atoms with Crippen LogP contribution in [0.1, 0.15) is 37.0 Å². The highest BCUT2D eigenvalue weighted by atomic mass is 19.1. The zero-order valence-electron chi connectivity index (χ0n) is 11.6. The number of hydrogen-bond acceptors (Lipinski definition) is 2. The zero-order chi connectivity index (χ0) is 14.3. The molecule has 5 heteroatoms. The minimum absolute atomic E-state index is 0.00755. The Labute approximate surface area is 116 Å². The van der Waals surface area contributed by atoms with Crippen molar-refractivity contribution in [1.82, 2.24) is 14.9 Å².